The van der Waals surface area contributed by atoms with Gasteiger partial charge in [0.2, 0.25) is 0 Å². The maximum Gasteiger partial charge on any atom is 0.253 e. The van der Waals surface area contributed by atoms with Crippen LogP contribution in [0.25, 0.3) is 10.9 Å². The molecule has 0 atom stereocenters. The van der Waals surface area contributed by atoms with Gasteiger partial charge in [-0.05, 0) is 55.6 Å². The molecule has 0 unspecified atom stereocenters. The average Bonchev–Trinajstić information content (AvgIpc) is 2.52. The molecule has 3 N–H and O–H groups in total. The van der Waals surface area contributed by atoms with Crippen LogP contribution in [-0.4, -0.2) is 39.8 Å². The van der Waals surface area contributed by atoms with Crippen molar-refractivity contribution in [1.29, 1.82) is 0 Å². The molecule has 0 radical (unpaired) electrons. The molecule has 124 valence electrons. The van der Waals surface area contributed by atoms with Crippen LogP contribution < -0.4 is 10.9 Å². The second-order valence-electron chi connectivity index (χ2n) is 5.55. The summed E-state index contributed by atoms with van der Waals surface area (Å²) in [5.41, 5.74) is 2.52. The van der Waals surface area contributed by atoms with Crippen LogP contribution in [0.2, 0.25) is 0 Å². The van der Waals surface area contributed by atoms with Gasteiger partial charge in [-0.2, -0.15) is 0 Å². The number of thiocarbonyl (C=S) groups is 1. The number of nitrogens with one attached hydrogen (secondary N) is 2. The van der Waals surface area contributed by atoms with Crippen LogP contribution in [0.5, 0.6) is 0 Å². The summed E-state index contributed by atoms with van der Waals surface area (Å²) < 4.78 is 0. The minimum absolute atomic E-state index is 0.0958. The van der Waals surface area contributed by atoms with Crippen LogP contribution >= 0.6 is 12.2 Å². The van der Waals surface area contributed by atoms with Gasteiger partial charge < -0.3 is 20.3 Å². The Kier molecular flexibility index (Phi) is 6.12. The van der Waals surface area contributed by atoms with E-state index in [1.807, 2.05) is 43.0 Å². The van der Waals surface area contributed by atoms with Crippen molar-refractivity contribution in [2.24, 2.45) is 0 Å². The highest BCUT2D eigenvalue weighted by Crippen LogP contribution is 2.14. The first-order chi connectivity index (χ1) is 11.0. The van der Waals surface area contributed by atoms with Crippen molar-refractivity contribution in [3.63, 3.8) is 0 Å². The summed E-state index contributed by atoms with van der Waals surface area (Å²) in [6.07, 6.45) is 0.607. The number of fused-ring (bicyclic) bond motifs is 1. The third-order valence-corrected chi connectivity index (χ3v) is 4.04. The Morgan fingerprint density at radius 2 is 2.17 bits per heavy atom. The fourth-order valence-electron chi connectivity index (χ4n) is 2.46. The molecular weight excluding hydrogens is 310 g/mol. The molecule has 1 aromatic carbocycles. The SMILES string of the molecule is CCNC(=S)N(CCCO)Cc1cc2ccc(C)cc2[nH]c1=O. The number of nitrogens with zero attached hydrogens (tertiary/aromatic N) is 1. The molecule has 0 amide bonds. The zero-order chi connectivity index (χ0) is 16.8. The van der Waals surface area contributed by atoms with Crippen molar-refractivity contribution in [3.05, 3.63) is 45.7 Å². The Balaban J connectivity index is 2.29. The lowest BCUT2D eigenvalue weighted by molar-refractivity contribution is 0.264. The van der Waals surface area contributed by atoms with Crippen molar-refractivity contribution in [3.8, 4) is 0 Å². The molecule has 23 heavy (non-hydrogen) atoms. The van der Waals surface area contributed by atoms with E-state index in [-0.39, 0.29) is 12.2 Å². The van der Waals surface area contributed by atoms with E-state index in [9.17, 15) is 4.79 Å². The Morgan fingerprint density at radius 1 is 1.39 bits per heavy atom. The van der Waals surface area contributed by atoms with Gasteiger partial charge in [0.25, 0.3) is 5.56 Å². The van der Waals surface area contributed by atoms with Crippen molar-refractivity contribution in [1.82, 2.24) is 15.2 Å². The van der Waals surface area contributed by atoms with E-state index < -0.39 is 0 Å². The number of pyridine rings is 1. The maximum atomic E-state index is 12.3. The summed E-state index contributed by atoms with van der Waals surface area (Å²) in [6, 6.07) is 7.91. The quantitative estimate of drug-likeness (QED) is 0.705. The van der Waals surface area contributed by atoms with Crippen LogP contribution in [0, 0.1) is 6.92 Å². The molecule has 0 saturated carbocycles. The van der Waals surface area contributed by atoms with Crippen molar-refractivity contribution >= 4 is 28.2 Å². The Labute approximate surface area is 141 Å². The first-order valence-corrected chi connectivity index (χ1v) is 8.22. The molecule has 6 heteroatoms. The number of rotatable bonds is 6. The molecule has 0 saturated heterocycles. The molecule has 0 spiro atoms. The van der Waals surface area contributed by atoms with Gasteiger partial charge in [0.1, 0.15) is 0 Å². The molecule has 0 aliphatic carbocycles. The summed E-state index contributed by atoms with van der Waals surface area (Å²) in [7, 11) is 0. The number of hydrogen-bond acceptors (Lipinski definition) is 3. The Bertz CT molecular complexity index is 742. The monoisotopic (exact) mass is 333 g/mol. The number of aliphatic hydroxyl groups is 1. The molecule has 1 heterocycles. The highest BCUT2D eigenvalue weighted by Gasteiger charge is 2.12. The summed E-state index contributed by atoms with van der Waals surface area (Å²) in [6.45, 7) is 5.82. The van der Waals surface area contributed by atoms with E-state index in [1.165, 1.54) is 0 Å². The molecule has 0 aliphatic rings. The first-order valence-electron chi connectivity index (χ1n) is 7.81. The Hall–Kier alpha value is -1.92. The lowest BCUT2D eigenvalue weighted by atomic mass is 10.1. The lowest BCUT2D eigenvalue weighted by Crippen LogP contribution is -2.41. The molecule has 0 aliphatic heterocycles. The van der Waals surface area contributed by atoms with Gasteiger partial charge in [-0.1, -0.05) is 12.1 Å². The second-order valence-corrected chi connectivity index (χ2v) is 5.94. The number of aromatic amines is 1. The number of aliphatic hydroxyl groups excluding tert-OH is 1. The maximum absolute atomic E-state index is 12.3. The molecule has 2 rings (SSSR count). The van der Waals surface area contributed by atoms with Crippen molar-refractivity contribution < 1.29 is 5.11 Å². The largest absolute Gasteiger partial charge is 0.396 e. The molecule has 5 nitrogen and oxygen atoms in total. The van der Waals surface area contributed by atoms with E-state index in [2.05, 4.69) is 10.3 Å². The highest BCUT2D eigenvalue weighted by atomic mass is 32.1. The average molecular weight is 333 g/mol. The van der Waals surface area contributed by atoms with Crippen LogP contribution in [0.1, 0.15) is 24.5 Å². The highest BCUT2D eigenvalue weighted by molar-refractivity contribution is 7.80. The third-order valence-electron chi connectivity index (χ3n) is 3.64. The van der Waals surface area contributed by atoms with Gasteiger partial charge in [-0.15, -0.1) is 0 Å². The van der Waals surface area contributed by atoms with Gasteiger partial charge in [0.15, 0.2) is 5.11 Å². The van der Waals surface area contributed by atoms with Gasteiger partial charge in [-0.25, -0.2) is 0 Å². The zero-order valence-corrected chi connectivity index (χ0v) is 14.4. The molecule has 0 fully saturated rings. The topological polar surface area (TPSA) is 68.4 Å². The van der Waals surface area contributed by atoms with Crippen LogP contribution in [0.4, 0.5) is 0 Å². The normalized spacial score (nSPS) is 10.7. The molecular formula is C17H23N3O2S. The number of benzene rings is 1. The van der Waals surface area contributed by atoms with E-state index >= 15 is 0 Å². The van der Waals surface area contributed by atoms with Crippen molar-refractivity contribution in [2.45, 2.75) is 26.8 Å². The summed E-state index contributed by atoms with van der Waals surface area (Å²) in [5, 5.41) is 13.8. The van der Waals surface area contributed by atoms with Gasteiger partial charge >= 0.3 is 0 Å². The zero-order valence-electron chi connectivity index (χ0n) is 13.6. The Morgan fingerprint density at radius 3 is 2.87 bits per heavy atom. The number of H-pyrrole nitrogens is 1. The number of aryl methyl sites for hydroxylation is 1. The van der Waals surface area contributed by atoms with Gasteiger partial charge in [0.05, 0.1) is 6.54 Å². The van der Waals surface area contributed by atoms with Gasteiger partial charge in [-0.3, -0.25) is 4.79 Å². The van der Waals surface area contributed by atoms with E-state index in [1.54, 1.807) is 0 Å². The van der Waals surface area contributed by atoms with Crippen LogP contribution in [0.3, 0.4) is 0 Å². The van der Waals surface area contributed by atoms with Gasteiger partial charge in [0, 0.05) is 30.8 Å². The van der Waals surface area contributed by atoms with E-state index in [0.717, 1.165) is 23.0 Å². The molecule has 1 aromatic heterocycles. The standard InChI is InChI=1S/C17H23N3O2S/c1-3-18-17(23)20(7-4-8-21)11-14-10-13-6-5-12(2)9-15(13)19-16(14)22/h5-6,9-10,21H,3-4,7-8,11H2,1-2H3,(H,18,23)(H,19,22). The minimum Gasteiger partial charge on any atom is -0.396 e. The fourth-order valence-corrected chi connectivity index (χ4v) is 2.76. The molecule has 0 bridgehead atoms. The van der Waals surface area contributed by atoms with Crippen LogP contribution in [0.15, 0.2) is 29.1 Å². The lowest BCUT2D eigenvalue weighted by Gasteiger charge is -2.25. The smallest absolute Gasteiger partial charge is 0.253 e. The van der Waals surface area contributed by atoms with E-state index in [4.69, 9.17) is 17.3 Å². The first kappa shape index (κ1) is 17.4. The predicted octanol–water partition coefficient (Wildman–Crippen LogP) is 1.92. The second kappa shape index (κ2) is 8.08. The van der Waals surface area contributed by atoms with Crippen LogP contribution in [-0.2, 0) is 6.54 Å². The fraction of sp³-hybridized carbons (Fsp3) is 0.412. The third kappa shape index (κ3) is 4.53. The number of hydrogen-bond donors (Lipinski definition) is 3. The summed E-state index contributed by atoms with van der Waals surface area (Å²) in [5.74, 6) is 0. The van der Waals surface area contributed by atoms with Crippen molar-refractivity contribution in [2.75, 3.05) is 19.7 Å². The summed E-state index contributed by atoms with van der Waals surface area (Å²) in [4.78, 5) is 17.2. The van der Waals surface area contributed by atoms with E-state index in [0.29, 0.717) is 30.2 Å². The predicted molar refractivity (Wildman–Crippen MR) is 97.7 cm³/mol. The summed E-state index contributed by atoms with van der Waals surface area (Å²) >= 11 is 5.36. The molecule has 2 aromatic rings. The number of aromatic nitrogens is 1. The minimum atomic E-state index is -0.101.